The second-order valence-electron chi connectivity index (χ2n) is 4.26. The smallest absolute Gasteiger partial charge is 0.243 e. The Morgan fingerprint density at radius 3 is 2.81 bits per heavy atom. The van der Waals surface area contributed by atoms with E-state index >= 15 is 0 Å². The zero-order valence-corrected chi connectivity index (χ0v) is 12.8. The number of nitrogens with zero attached hydrogens (tertiary/aromatic N) is 3. The fourth-order valence-electron chi connectivity index (χ4n) is 1.93. The number of rotatable bonds is 3. The molecule has 0 fully saturated rings. The molecular weight excluding hydrogens is 366 g/mol. The van der Waals surface area contributed by atoms with Crippen molar-refractivity contribution in [2.24, 2.45) is 0 Å². The second-order valence-corrected chi connectivity index (χ2v) is 5.45. The fraction of sp³-hybridized carbons (Fsp3) is 0.0769. The first kappa shape index (κ1) is 14.2. The molecule has 0 atom stereocenters. The van der Waals surface area contributed by atoms with E-state index in [1.165, 1.54) is 16.8 Å². The lowest BCUT2D eigenvalue weighted by Gasteiger charge is -2.08. The van der Waals surface area contributed by atoms with Crippen LogP contribution in [0.15, 0.2) is 34.9 Å². The van der Waals surface area contributed by atoms with Crippen LogP contribution >= 0.6 is 27.5 Å². The Kier molecular flexibility index (Phi) is 3.77. The number of benzene rings is 1. The molecule has 8 heteroatoms. The highest BCUT2D eigenvalue weighted by atomic mass is 79.9. The summed E-state index contributed by atoms with van der Waals surface area (Å²) in [6, 6.07) is 6.31. The van der Waals surface area contributed by atoms with Gasteiger partial charge in [0.1, 0.15) is 11.3 Å². The molecule has 1 aromatic carbocycles. The zero-order chi connectivity index (χ0) is 15.0. The van der Waals surface area contributed by atoms with E-state index in [0.717, 1.165) is 0 Å². The van der Waals surface area contributed by atoms with Crippen LogP contribution in [0, 0.1) is 11.6 Å². The van der Waals surface area contributed by atoms with Crippen molar-refractivity contribution in [1.82, 2.24) is 14.6 Å². The molecule has 0 bridgehead atoms. The molecule has 108 valence electrons. The average Bonchev–Trinajstić information content (AvgIpc) is 2.72. The van der Waals surface area contributed by atoms with Gasteiger partial charge in [0, 0.05) is 18.3 Å². The highest BCUT2D eigenvalue weighted by molar-refractivity contribution is 9.10. The maximum absolute atomic E-state index is 14.1. The van der Waals surface area contributed by atoms with Crippen molar-refractivity contribution >= 4 is 38.9 Å². The minimum Gasteiger partial charge on any atom is -0.364 e. The summed E-state index contributed by atoms with van der Waals surface area (Å²) in [4.78, 5) is 3.96. The maximum Gasteiger partial charge on any atom is 0.243 e. The van der Waals surface area contributed by atoms with Crippen molar-refractivity contribution in [1.29, 1.82) is 0 Å². The third-order valence-corrected chi connectivity index (χ3v) is 3.62. The van der Waals surface area contributed by atoms with Crippen LogP contribution in [0.5, 0.6) is 0 Å². The first-order valence-corrected chi connectivity index (χ1v) is 7.10. The molecule has 0 aliphatic heterocycles. The van der Waals surface area contributed by atoms with Crippen LogP contribution in [0.25, 0.3) is 5.52 Å². The lowest BCUT2D eigenvalue weighted by Crippen LogP contribution is -2.07. The van der Waals surface area contributed by atoms with E-state index in [0.29, 0.717) is 5.56 Å². The molecule has 0 radical (unpaired) electrons. The second kappa shape index (κ2) is 5.57. The van der Waals surface area contributed by atoms with Gasteiger partial charge in [-0.25, -0.2) is 13.3 Å². The Morgan fingerprint density at radius 1 is 1.29 bits per heavy atom. The molecule has 4 nitrogen and oxygen atoms in total. The number of halogens is 4. The zero-order valence-electron chi connectivity index (χ0n) is 10.4. The summed E-state index contributed by atoms with van der Waals surface area (Å²) in [6.07, 6.45) is 1.44. The molecule has 0 amide bonds. The van der Waals surface area contributed by atoms with Gasteiger partial charge in [0.15, 0.2) is 11.6 Å². The Labute approximate surface area is 131 Å². The van der Waals surface area contributed by atoms with Gasteiger partial charge in [-0.2, -0.15) is 4.98 Å². The van der Waals surface area contributed by atoms with Crippen LogP contribution < -0.4 is 5.32 Å². The lowest BCUT2D eigenvalue weighted by atomic mass is 10.2. The molecular formula is C13H8BrClF2N4. The molecule has 0 saturated carbocycles. The topological polar surface area (TPSA) is 42.2 Å². The molecule has 0 aliphatic carbocycles. The minimum absolute atomic E-state index is 0.0407. The Bertz CT molecular complexity index is 821. The molecule has 0 aliphatic rings. The van der Waals surface area contributed by atoms with E-state index in [2.05, 4.69) is 31.3 Å². The number of hydrogen-bond donors (Lipinski definition) is 1. The summed E-state index contributed by atoms with van der Waals surface area (Å²) in [7, 11) is 0. The molecule has 0 unspecified atom stereocenters. The summed E-state index contributed by atoms with van der Waals surface area (Å²) in [5.41, 5.74) is 0.582. The van der Waals surface area contributed by atoms with Crippen molar-refractivity contribution in [3.63, 3.8) is 0 Å². The molecule has 0 spiro atoms. The van der Waals surface area contributed by atoms with Gasteiger partial charge in [0.05, 0.1) is 4.47 Å². The Hall–Kier alpha value is -1.73. The van der Waals surface area contributed by atoms with Gasteiger partial charge in [-0.05, 0) is 33.6 Å². The van der Waals surface area contributed by atoms with Crippen LogP contribution in [0.1, 0.15) is 5.56 Å². The van der Waals surface area contributed by atoms with Gasteiger partial charge in [0.25, 0.3) is 0 Å². The van der Waals surface area contributed by atoms with Crippen LogP contribution in [-0.4, -0.2) is 14.6 Å². The third-order valence-electron chi connectivity index (χ3n) is 2.91. The van der Waals surface area contributed by atoms with Crippen molar-refractivity contribution in [2.75, 3.05) is 5.32 Å². The van der Waals surface area contributed by atoms with E-state index < -0.39 is 5.82 Å². The van der Waals surface area contributed by atoms with Crippen molar-refractivity contribution in [3.8, 4) is 0 Å². The number of hydrogen-bond acceptors (Lipinski definition) is 3. The van der Waals surface area contributed by atoms with Gasteiger partial charge in [0.2, 0.25) is 5.28 Å². The lowest BCUT2D eigenvalue weighted by molar-refractivity contribution is 0.612. The van der Waals surface area contributed by atoms with Crippen molar-refractivity contribution < 1.29 is 8.78 Å². The van der Waals surface area contributed by atoms with E-state index in [1.54, 1.807) is 18.2 Å². The van der Waals surface area contributed by atoms with Crippen LogP contribution in [0.2, 0.25) is 5.28 Å². The quantitative estimate of drug-likeness (QED) is 0.753. The average molecular weight is 374 g/mol. The number of anilines is 1. The largest absolute Gasteiger partial charge is 0.364 e. The van der Waals surface area contributed by atoms with Crippen molar-refractivity contribution in [2.45, 2.75) is 6.54 Å². The molecule has 0 saturated heterocycles. The number of fused-ring (bicyclic) bond motifs is 1. The van der Waals surface area contributed by atoms with E-state index in [4.69, 9.17) is 11.6 Å². The molecule has 3 rings (SSSR count). The highest BCUT2D eigenvalue weighted by Crippen LogP contribution is 2.27. The van der Waals surface area contributed by atoms with Crippen LogP contribution in [0.4, 0.5) is 14.6 Å². The molecule has 2 heterocycles. The number of nitrogens with one attached hydrogen (secondary N) is 1. The minimum atomic E-state index is -0.511. The van der Waals surface area contributed by atoms with Crippen LogP contribution in [0.3, 0.4) is 0 Å². The normalized spacial score (nSPS) is 11.0. The van der Waals surface area contributed by atoms with Gasteiger partial charge in [-0.1, -0.05) is 18.2 Å². The van der Waals surface area contributed by atoms with E-state index in [9.17, 15) is 8.78 Å². The number of aromatic nitrogens is 3. The van der Waals surface area contributed by atoms with Gasteiger partial charge in [-0.15, -0.1) is 5.10 Å². The summed E-state index contributed by atoms with van der Waals surface area (Å²) in [5, 5.41) is 6.72. The standard InChI is InChI=1S/C13H8BrClF2N4/c14-8-6-21-11(10(8)17)12(19-13(15)20-21)18-5-7-3-1-2-4-9(7)16/h1-4,6H,5H2,(H,18,19,20). The van der Waals surface area contributed by atoms with Gasteiger partial charge in [-0.3, -0.25) is 0 Å². The van der Waals surface area contributed by atoms with Crippen LogP contribution in [-0.2, 0) is 6.54 Å². The first-order chi connectivity index (χ1) is 10.1. The molecule has 1 N–H and O–H groups in total. The van der Waals surface area contributed by atoms with E-state index in [1.807, 2.05) is 0 Å². The summed E-state index contributed by atoms with van der Waals surface area (Å²) >= 11 is 8.88. The Morgan fingerprint density at radius 2 is 2.05 bits per heavy atom. The maximum atomic E-state index is 14.1. The molecule has 3 aromatic rings. The summed E-state index contributed by atoms with van der Waals surface area (Å²) in [5.74, 6) is -0.664. The van der Waals surface area contributed by atoms with Crippen molar-refractivity contribution in [3.05, 3.63) is 57.4 Å². The van der Waals surface area contributed by atoms with Gasteiger partial charge >= 0.3 is 0 Å². The SMILES string of the molecule is Fc1ccccc1CNc1nc(Cl)nn2cc(Br)c(F)c12. The first-order valence-electron chi connectivity index (χ1n) is 5.93. The predicted molar refractivity (Wildman–Crippen MR) is 79.4 cm³/mol. The van der Waals surface area contributed by atoms with E-state index in [-0.39, 0.29) is 33.5 Å². The summed E-state index contributed by atoms with van der Waals surface area (Å²) < 4.78 is 29.2. The fourth-order valence-corrected chi connectivity index (χ4v) is 2.48. The molecule has 2 aromatic heterocycles. The predicted octanol–water partition coefficient (Wildman–Crippen LogP) is 4.04. The Balaban J connectivity index is 1.99. The molecule has 21 heavy (non-hydrogen) atoms. The highest BCUT2D eigenvalue weighted by Gasteiger charge is 2.16. The third kappa shape index (κ3) is 2.71. The monoisotopic (exact) mass is 372 g/mol. The van der Waals surface area contributed by atoms with Gasteiger partial charge < -0.3 is 5.32 Å². The summed E-state index contributed by atoms with van der Waals surface area (Å²) in [6.45, 7) is 0.151.